The van der Waals surface area contributed by atoms with Gasteiger partial charge in [-0.15, -0.1) is 0 Å². The molecule has 3 aromatic carbocycles. The Balaban J connectivity index is 1.22. The Morgan fingerprint density at radius 1 is 0.944 bits per heavy atom. The highest BCUT2D eigenvalue weighted by Crippen LogP contribution is 2.33. The summed E-state index contributed by atoms with van der Waals surface area (Å²) in [6.07, 6.45) is 8.37. The predicted molar refractivity (Wildman–Crippen MR) is 154 cm³/mol. The summed E-state index contributed by atoms with van der Waals surface area (Å²) in [5, 5.41) is 7.86. The highest BCUT2D eigenvalue weighted by atomic mass is 79.9. The highest BCUT2D eigenvalue weighted by molar-refractivity contribution is 9.10. The third-order valence-corrected chi connectivity index (χ3v) is 6.93. The number of rotatable bonds is 10. The molecule has 1 aliphatic carbocycles. The van der Waals surface area contributed by atoms with Crippen LogP contribution in [0.4, 0.5) is 0 Å². The van der Waals surface area contributed by atoms with Gasteiger partial charge in [-0.1, -0.05) is 77.7 Å². The molecule has 0 heterocycles. The maximum atomic E-state index is 5.98. The van der Waals surface area contributed by atoms with Gasteiger partial charge in [0.1, 0.15) is 24.7 Å². The molecular weight excluding hydrogens is 534 g/mol. The van der Waals surface area contributed by atoms with Crippen molar-refractivity contribution >= 4 is 39.5 Å². The van der Waals surface area contributed by atoms with Crippen molar-refractivity contribution in [1.29, 1.82) is 0 Å². The number of thiocarbonyl (C=S) groups is 1. The number of benzene rings is 3. The van der Waals surface area contributed by atoms with E-state index in [2.05, 4.69) is 56.0 Å². The topological polar surface area (TPSA) is 54.9 Å². The zero-order valence-corrected chi connectivity index (χ0v) is 22.7. The third-order valence-electron chi connectivity index (χ3n) is 6.20. The van der Waals surface area contributed by atoms with E-state index >= 15 is 0 Å². The summed E-state index contributed by atoms with van der Waals surface area (Å²) in [5.74, 6) is 2.30. The quantitative estimate of drug-likeness (QED) is 0.120. The molecule has 0 aliphatic heterocycles. The molecule has 0 atom stereocenters. The van der Waals surface area contributed by atoms with Crippen molar-refractivity contribution in [2.45, 2.75) is 44.6 Å². The maximum absolute atomic E-state index is 5.98. The molecule has 1 aliphatic rings. The lowest BCUT2D eigenvalue weighted by Crippen LogP contribution is -2.31. The van der Waals surface area contributed by atoms with E-state index in [-0.39, 0.29) is 0 Å². The van der Waals surface area contributed by atoms with E-state index in [1.54, 1.807) is 6.21 Å². The number of halogens is 1. The van der Waals surface area contributed by atoms with Crippen molar-refractivity contribution in [3.63, 3.8) is 0 Å². The number of ether oxygens (including phenoxy) is 2. The molecule has 7 heteroatoms. The van der Waals surface area contributed by atoms with Gasteiger partial charge < -0.3 is 14.8 Å². The van der Waals surface area contributed by atoms with Crippen molar-refractivity contribution in [2.24, 2.45) is 5.10 Å². The van der Waals surface area contributed by atoms with Gasteiger partial charge in [-0.2, -0.15) is 5.10 Å². The summed E-state index contributed by atoms with van der Waals surface area (Å²) in [5.41, 5.74) is 6.27. The second-order valence-electron chi connectivity index (χ2n) is 8.82. The van der Waals surface area contributed by atoms with Crippen LogP contribution in [0, 0.1) is 0 Å². The molecular formula is C29H32BrN3O2S. The molecule has 1 fully saturated rings. The largest absolute Gasteiger partial charge is 0.490 e. The molecule has 36 heavy (non-hydrogen) atoms. The summed E-state index contributed by atoms with van der Waals surface area (Å²) >= 11 is 8.83. The van der Waals surface area contributed by atoms with E-state index in [1.807, 2.05) is 48.5 Å². The Morgan fingerprint density at radius 3 is 2.47 bits per heavy atom. The van der Waals surface area contributed by atoms with E-state index in [1.165, 1.54) is 37.7 Å². The molecule has 0 aromatic heterocycles. The van der Waals surface area contributed by atoms with Crippen molar-refractivity contribution in [2.75, 3.05) is 13.2 Å². The van der Waals surface area contributed by atoms with Gasteiger partial charge >= 0.3 is 0 Å². The first-order chi connectivity index (χ1) is 17.7. The van der Waals surface area contributed by atoms with E-state index < -0.39 is 0 Å². The lowest BCUT2D eigenvalue weighted by Gasteiger charge is -2.22. The molecule has 0 unspecified atom stereocenters. The first-order valence-corrected chi connectivity index (χ1v) is 13.6. The fourth-order valence-corrected chi connectivity index (χ4v) is 4.82. The van der Waals surface area contributed by atoms with Crippen LogP contribution in [0.1, 0.15) is 54.7 Å². The second kappa shape index (κ2) is 14.0. The fraction of sp³-hybridized carbons (Fsp3) is 0.310. The van der Waals surface area contributed by atoms with E-state index in [0.717, 1.165) is 27.1 Å². The number of hydrogen-bond acceptors (Lipinski definition) is 4. The minimum absolute atomic E-state index is 0.428. The molecule has 0 amide bonds. The minimum Gasteiger partial charge on any atom is -0.490 e. The SMILES string of the molecule is S=C(NCc1ccccc1)N/N=C\c1cc(Br)ccc1OCCOc1ccc(C2CCCCC2)cc1. The molecule has 188 valence electrons. The zero-order valence-electron chi connectivity index (χ0n) is 20.3. The van der Waals surface area contributed by atoms with Crippen molar-refractivity contribution < 1.29 is 9.47 Å². The molecule has 3 aromatic rings. The van der Waals surface area contributed by atoms with Crippen LogP contribution in [-0.2, 0) is 6.54 Å². The van der Waals surface area contributed by atoms with E-state index in [9.17, 15) is 0 Å². The molecule has 5 nitrogen and oxygen atoms in total. The second-order valence-corrected chi connectivity index (χ2v) is 10.1. The molecule has 0 radical (unpaired) electrons. The molecule has 0 bridgehead atoms. The van der Waals surface area contributed by atoms with Crippen LogP contribution in [0.15, 0.2) is 82.4 Å². The van der Waals surface area contributed by atoms with E-state index in [4.69, 9.17) is 21.7 Å². The van der Waals surface area contributed by atoms with Crippen LogP contribution in [0.2, 0.25) is 0 Å². The lowest BCUT2D eigenvalue weighted by molar-refractivity contribution is 0.217. The monoisotopic (exact) mass is 565 g/mol. The average Bonchev–Trinajstić information content (AvgIpc) is 2.92. The zero-order chi connectivity index (χ0) is 25.0. The fourth-order valence-electron chi connectivity index (χ4n) is 4.31. The van der Waals surface area contributed by atoms with Crippen LogP contribution in [0.25, 0.3) is 0 Å². The van der Waals surface area contributed by atoms with Gasteiger partial charge in [-0.05, 0) is 72.4 Å². The maximum Gasteiger partial charge on any atom is 0.187 e. The van der Waals surface area contributed by atoms with Crippen LogP contribution in [-0.4, -0.2) is 24.5 Å². The van der Waals surface area contributed by atoms with Gasteiger partial charge in [0.05, 0.1) is 6.21 Å². The van der Waals surface area contributed by atoms with Crippen LogP contribution < -0.4 is 20.2 Å². The van der Waals surface area contributed by atoms with Crippen molar-refractivity contribution in [3.05, 3.63) is 94.0 Å². The normalized spacial score (nSPS) is 13.9. The number of hydrazone groups is 1. The summed E-state index contributed by atoms with van der Waals surface area (Å²) < 4.78 is 12.8. The molecule has 1 saturated carbocycles. The molecule has 0 saturated heterocycles. The smallest absolute Gasteiger partial charge is 0.187 e. The predicted octanol–water partition coefficient (Wildman–Crippen LogP) is 6.95. The first kappa shape index (κ1) is 26.2. The summed E-state index contributed by atoms with van der Waals surface area (Å²) in [7, 11) is 0. The van der Waals surface area contributed by atoms with Crippen LogP contribution in [0.3, 0.4) is 0 Å². The standard InChI is InChI=1S/C29H32BrN3O2S/c30-26-13-16-28(25(19-26)21-32-33-29(36)31-20-22-7-3-1-4-8-22)35-18-17-34-27-14-11-24(12-15-27)23-9-5-2-6-10-23/h1,3-4,7-8,11-16,19,21,23H,2,5-6,9-10,17-18,20H2,(H2,31,33,36)/b32-21-. The minimum atomic E-state index is 0.428. The van der Waals surface area contributed by atoms with Gasteiger partial charge in [0.2, 0.25) is 0 Å². The highest BCUT2D eigenvalue weighted by Gasteiger charge is 2.15. The summed E-state index contributed by atoms with van der Waals surface area (Å²) in [6.45, 7) is 1.52. The van der Waals surface area contributed by atoms with Gasteiger partial charge in [0.25, 0.3) is 0 Å². The Bertz CT molecular complexity index is 1130. The number of nitrogens with one attached hydrogen (secondary N) is 2. The molecule has 0 spiro atoms. The Labute approximate surface area is 227 Å². The third kappa shape index (κ3) is 8.35. The Hall–Kier alpha value is -2.90. The summed E-state index contributed by atoms with van der Waals surface area (Å²) in [4.78, 5) is 0. The van der Waals surface area contributed by atoms with Crippen molar-refractivity contribution in [3.8, 4) is 11.5 Å². The lowest BCUT2D eigenvalue weighted by atomic mass is 9.84. The number of nitrogens with zero attached hydrogens (tertiary/aromatic N) is 1. The van der Waals surface area contributed by atoms with Gasteiger partial charge in [-0.3, -0.25) is 5.43 Å². The molecule has 4 rings (SSSR count). The van der Waals surface area contributed by atoms with Crippen LogP contribution in [0.5, 0.6) is 11.5 Å². The van der Waals surface area contributed by atoms with Gasteiger partial charge in [0, 0.05) is 16.6 Å². The van der Waals surface area contributed by atoms with Crippen LogP contribution >= 0.6 is 28.1 Å². The number of hydrogen-bond donors (Lipinski definition) is 2. The first-order valence-electron chi connectivity index (χ1n) is 12.4. The Morgan fingerprint density at radius 2 is 1.69 bits per heavy atom. The average molecular weight is 567 g/mol. The van der Waals surface area contributed by atoms with E-state index in [0.29, 0.717) is 30.8 Å². The summed E-state index contributed by atoms with van der Waals surface area (Å²) in [6, 6.07) is 24.4. The van der Waals surface area contributed by atoms with Crippen molar-refractivity contribution in [1.82, 2.24) is 10.7 Å². The van der Waals surface area contributed by atoms with Gasteiger partial charge in [-0.25, -0.2) is 0 Å². The Kier molecular flexibility index (Phi) is 10.2. The molecule has 2 N–H and O–H groups in total. The van der Waals surface area contributed by atoms with Gasteiger partial charge in [0.15, 0.2) is 5.11 Å².